The maximum Gasteiger partial charge on any atom is 0.145 e. The van der Waals surface area contributed by atoms with E-state index in [1.807, 2.05) is 18.3 Å². The Hall–Kier alpha value is -2.79. The number of rotatable bonds is 5. The third kappa shape index (κ3) is 3.69. The van der Waals surface area contributed by atoms with Crippen LogP contribution in [0.25, 0.3) is 10.9 Å². The van der Waals surface area contributed by atoms with Crippen molar-refractivity contribution in [2.75, 3.05) is 43.6 Å². The second-order valence-corrected chi connectivity index (χ2v) is 6.79. The van der Waals surface area contributed by atoms with Gasteiger partial charge in [0, 0.05) is 42.6 Å². The van der Waals surface area contributed by atoms with E-state index in [0.29, 0.717) is 0 Å². The summed E-state index contributed by atoms with van der Waals surface area (Å²) in [5.41, 5.74) is 5.63. The van der Waals surface area contributed by atoms with Gasteiger partial charge in [-0.15, -0.1) is 0 Å². The molecule has 5 nitrogen and oxygen atoms in total. The molecule has 0 radical (unpaired) electrons. The van der Waals surface area contributed by atoms with Crippen LogP contribution in [0.2, 0.25) is 0 Å². The standard InChI is InChI=1S/C22H25N3O2/c1-16-14-23-22-19(4-3-5-20(22)26-2)21(16)24-15-17-6-8-18(9-7-17)25-10-12-27-13-11-25/h3-9,14H,10-13,15H2,1-2H3,(H,23,24). The van der Waals surface area contributed by atoms with Crippen molar-refractivity contribution in [1.82, 2.24) is 4.98 Å². The summed E-state index contributed by atoms with van der Waals surface area (Å²) in [5.74, 6) is 0.797. The first kappa shape index (κ1) is 17.6. The Balaban J connectivity index is 1.52. The number of benzene rings is 2. The molecule has 5 heteroatoms. The Morgan fingerprint density at radius 1 is 1.11 bits per heavy atom. The molecule has 4 rings (SSSR count). The number of aryl methyl sites for hydroxylation is 1. The van der Waals surface area contributed by atoms with Gasteiger partial charge in [0.25, 0.3) is 0 Å². The van der Waals surface area contributed by atoms with E-state index in [4.69, 9.17) is 9.47 Å². The zero-order chi connectivity index (χ0) is 18.6. The molecule has 1 aliphatic heterocycles. The molecule has 0 bridgehead atoms. The SMILES string of the molecule is COc1cccc2c(NCc3ccc(N4CCOCC4)cc3)c(C)cnc12. The summed E-state index contributed by atoms with van der Waals surface area (Å²) in [6.07, 6.45) is 1.90. The van der Waals surface area contributed by atoms with Crippen molar-refractivity contribution < 1.29 is 9.47 Å². The van der Waals surface area contributed by atoms with E-state index >= 15 is 0 Å². The molecule has 3 aromatic rings. The van der Waals surface area contributed by atoms with Crippen LogP contribution in [0.1, 0.15) is 11.1 Å². The number of hydrogen-bond acceptors (Lipinski definition) is 5. The van der Waals surface area contributed by atoms with E-state index in [0.717, 1.165) is 60.8 Å². The van der Waals surface area contributed by atoms with Gasteiger partial charge in [-0.3, -0.25) is 4.98 Å². The van der Waals surface area contributed by atoms with Gasteiger partial charge in [0.15, 0.2) is 0 Å². The lowest BCUT2D eigenvalue weighted by Gasteiger charge is -2.29. The normalized spacial score (nSPS) is 14.4. The van der Waals surface area contributed by atoms with Crippen LogP contribution in [0.3, 0.4) is 0 Å². The van der Waals surface area contributed by atoms with E-state index in [-0.39, 0.29) is 0 Å². The number of pyridine rings is 1. The average molecular weight is 363 g/mol. The zero-order valence-electron chi connectivity index (χ0n) is 15.9. The van der Waals surface area contributed by atoms with Crippen LogP contribution in [0, 0.1) is 6.92 Å². The molecule has 1 fully saturated rings. The van der Waals surface area contributed by atoms with Crippen molar-refractivity contribution in [3.8, 4) is 5.75 Å². The number of anilines is 2. The number of nitrogens with one attached hydrogen (secondary N) is 1. The van der Waals surface area contributed by atoms with E-state index in [1.54, 1.807) is 7.11 Å². The molecule has 1 aromatic heterocycles. The summed E-state index contributed by atoms with van der Waals surface area (Å²) in [6.45, 7) is 6.38. The van der Waals surface area contributed by atoms with Crippen molar-refractivity contribution >= 4 is 22.3 Å². The fraction of sp³-hybridized carbons (Fsp3) is 0.318. The highest BCUT2D eigenvalue weighted by Crippen LogP contribution is 2.31. The van der Waals surface area contributed by atoms with Gasteiger partial charge in [0.1, 0.15) is 11.3 Å². The van der Waals surface area contributed by atoms with Gasteiger partial charge in [0.05, 0.1) is 20.3 Å². The van der Waals surface area contributed by atoms with Gasteiger partial charge in [-0.05, 0) is 36.2 Å². The van der Waals surface area contributed by atoms with Crippen LogP contribution in [-0.2, 0) is 11.3 Å². The minimum absolute atomic E-state index is 0.764. The van der Waals surface area contributed by atoms with Crippen LogP contribution < -0.4 is 15.0 Å². The van der Waals surface area contributed by atoms with Gasteiger partial charge in [0.2, 0.25) is 0 Å². The maximum atomic E-state index is 5.45. The molecule has 0 atom stereocenters. The number of nitrogens with zero attached hydrogens (tertiary/aromatic N) is 2. The largest absolute Gasteiger partial charge is 0.494 e. The van der Waals surface area contributed by atoms with Crippen molar-refractivity contribution in [3.05, 3.63) is 59.8 Å². The van der Waals surface area contributed by atoms with Crippen molar-refractivity contribution in [2.24, 2.45) is 0 Å². The van der Waals surface area contributed by atoms with Crippen LogP contribution in [-0.4, -0.2) is 38.4 Å². The predicted octanol–water partition coefficient (Wildman–Crippen LogP) is 4.00. The minimum atomic E-state index is 0.764. The van der Waals surface area contributed by atoms with E-state index < -0.39 is 0 Å². The summed E-state index contributed by atoms with van der Waals surface area (Å²) in [7, 11) is 1.68. The summed E-state index contributed by atoms with van der Waals surface area (Å²) in [6, 6.07) is 14.8. The highest BCUT2D eigenvalue weighted by atomic mass is 16.5. The lowest BCUT2D eigenvalue weighted by atomic mass is 10.1. The van der Waals surface area contributed by atoms with E-state index in [1.165, 1.54) is 11.3 Å². The molecule has 27 heavy (non-hydrogen) atoms. The van der Waals surface area contributed by atoms with Gasteiger partial charge in [-0.2, -0.15) is 0 Å². The average Bonchev–Trinajstić information content (AvgIpc) is 2.73. The quantitative estimate of drug-likeness (QED) is 0.742. The monoisotopic (exact) mass is 363 g/mol. The molecule has 1 aliphatic rings. The minimum Gasteiger partial charge on any atom is -0.494 e. The summed E-state index contributed by atoms with van der Waals surface area (Å²) >= 11 is 0. The fourth-order valence-electron chi connectivity index (χ4n) is 3.53. The van der Waals surface area contributed by atoms with Crippen LogP contribution >= 0.6 is 0 Å². The second kappa shape index (κ2) is 7.84. The van der Waals surface area contributed by atoms with E-state index in [9.17, 15) is 0 Å². The molecule has 2 aromatic carbocycles. The smallest absolute Gasteiger partial charge is 0.145 e. The van der Waals surface area contributed by atoms with Crippen molar-refractivity contribution in [1.29, 1.82) is 0 Å². The van der Waals surface area contributed by atoms with Gasteiger partial charge in [-0.1, -0.05) is 24.3 Å². The molecule has 0 amide bonds. The van der Waals surface area contributed by atoms with E-state index in [2.05, 4.69) is 52.5 Å². The Morgan fingerprint density at radius 3 is 2.63 bits per heavy atom. The first-order valence-corrected chi connectivity index (χ1v) is 9.34. The molecule has 140 valence electrons. The highest BCUT2D eigenvalue weighted by Gasteiger charge is 2.12. The second-order valence-electron chi connectivity index (χ2n) is 6.79. The molecule has 0 saturated carbocycles. The third-order valence-corrected chi connectivity index (χ3v) is 5.05. The Kier molecular flexibility index (Phi) is 5.12. The number of aromatic nitrogens is 1. The summed E-state index contributed by atoms with van der Waals surface area (Å²) in [4.78, 5) is 6.92. The summed E-state index contributed by atoms with van der Waals surface area (Å²) in [5, 5.41) is 4.68. The maximum absolute atomic E-state index is 5.45. The Bertz CT molecular complexity index is 919. The molecule has 1 N–H and O–H groups in total. The molecule has 0 unspecified atom stereocenters. The first-order chi connectivity index (χ1) is 13.3. The molecule has 1 saturated heterocycles. The lowest BCUT2D eigenvalue weighted by Crippen LogP contribution is -2.36. The molecular weight excluding hydrogens is 338 g/mol. The molecular formula is C22H25N3O2. The predicted molar refractivity (Wildman–Crippen MR) is 110 cm³/mol. The highest BCUT2D eigenvalue weighted by molar-refractivity contribution is 5.96. The summed E-state index contributed by atoms with van der Waals surface area (Å²) < 4.78 is 10.9. The molecule has 0 aliphatic carbocycles. The fourth-order valence-corrected chi connectivity index (χ4v) is 3.53. The number of morpholine rings is 1. The number of para-hydroxylation sites is 1. The van der Waals surface area contributed by atoms with Crippen LogP contribution in [0.5, 0.6) is 5.75 Å². The third-order valence-electron chi connectivity index (χ3n) is 5.05. The van der Waals surface area contributed by atoms with Gasteiger partial charge >= 0.3 is 0 Å². The van der Waals surface area contributed by atoms with Crippen molar-refractivity contribution in [3.63, 3.8) is 0 Å². The topological polar surface area (TPSA) is 46.6 Å². The zero-order valence-corrected chi connectivity index (χ0v) is 15.9. The number of fused-ring (bicyclic) bond motifs is 1. The first-order valence-electron chi connectivity index (χ1n) is 9.34. The Morgan fingerprint density at radius 2 is 1.89 bits per heavy atom. The number of hydrogen-bond donors (Lipinski definition) is 1. The molecule has 0 spiro atoms. The molecule has 2 heterocycles. The van der Waals surface area contributed by atoms with Gasteiger partial charge in [-0.25, -0.2) is 0 Å². The van der Waals surface area contributed by atoms with Crippen LogP contribution in [0.4, 0.5) is 11.4 Å². The van der Waals surface area contributed by atoms with Crippen LogP contribution in [0.15, 0.2) is 48.7 Å². The van der Waals surface area contributed by atoms with Gasteiger partial charge < -0.3 is 19.7 Å². The lowest BCUT2D eigenvalue weighted by molar-refractivity contribution is 0.122. The number of methoxy groups -OCH3 is 1. The number of ether oxygens (including phenoxy) is 2. The van der Waals surface area contributed by atoms with Crippen molar-refractivity contribution in [2.45, 2.75) is 13.5 Å². The Labute approximate surface area is 159 Å².